The molecule has 1 aliphatic rings. The number of aromatic nitrogens is 2. The average Bonchev–Trinajstić information content (AvgIpc) is 2.47. The molecular formula is C17H29N3. The molecule has 1 heterocycles. The van der Waals surface area contributed by atoms with Gasteiger partial charge in [0.1, 0.15) is 11.6 Å². The second-order valence-electron chi connectivity index (χ2n) is 6.46. The Labute approximate surface area is 123 Å². The Balaban J connectivity index is 2.10. The second-order valence-corrected chi connectivity index (χ2v) is 6.46. The van der Waals surface area contributed by atoms with Gasteiger partial charge in [-0.1, -0.05) is 27.2 Å². The minimum absolute atomic E-state index is 0.564. The van der Waals surface area contributed by atoms with Gasteiger partial charge in [0.25, 0.3) is 0 Å². The predicted molar refractivity (Wildman–Crippen MR) is 85.1 cm³/mol. The average molecular weight is 275 g/mol. The highest BCUT2D eigenvalue weighted by Gasteiger charge is 2.26. The summed E-state index contributed by atoms with van der Waals surface area (Å²) in [5.41, 5.74) is 1.19. The van der Waals surface area contributed by atoms with Crippen LogP contribution in [-0.2, 0) is 6.42 Å². The summed E-state index contributed by atoms with van der Waals surface area (Å²) in [5, 5.41) is 3.18. The van der Waals surface area contributed by atoms with Crippen molar-refractivity contribution in [2.24, 2.45) is 11.8 Å². The molecule has 2 rings (SSSR count). The zero-order valence-electron chi connectivity index (χ0n) is 13.4. The van der Waals surface area contributed by atoms with Crippen molar-refractivity contribution in [2.75, 3.05) is 12.4 Å². The van der Waals surface area contributed by atoms with Gasteiger partial charge in [-0.2, -0.15) is 0 Å². The van der Waals surface area contributed by atoms with Crippen LogP contribution in [0.4, 0.5) is 5.82 Å². The normalized spacial score (nSPS) is 23.1. The number of rotatable bonds is 5. The number of aryl methyl sites for hydroxylation is 1. The lowest BCUT2D eigenvalue weighted by atomic mass is 9.76. The van der Waals surface area contributed by atoms with Crippen LogP contribution in [0.3, 0.4) is 0 Å². The summed E-state index contributed by atoms with van der Waals surface area (Å²) in [6.07, 6.45) is 7.35. The van der Waals surface area contributed by atoms with E-state index in [4.69, 9.17) is 9.97 Å². The second kappa shape index (κ2) is 7.05. The van der Waals surface area contributed by atoms with Gasteiger partial charge in [-0.3, -0.25) is 0 Å². The third-order valence-electron chi connectivity index (χ3n) is 4.64. The van der Waals surface area contributed by atoms with Crippen LogP contribution in [0.15, 0.2) is 6.07 Å². The Hall–Kier alpha value is -1.12. The summed E-state index contributed by atoms with van der Waals surface area (Å²) in [6, 6.07) is 2.09. The van der Waals surface area contributed by atoms with Crippen LogP contribution in [0.2, 0.25) is 0 Å². The monoisotopic (exact) mass is 275 g/mol. The van der Waals surface area contributed by atoms with E-state index in [0.29, 0.717) is 5.92 Å². The molecule has 0 aliphatic heterocycles. The van der Waals surface area contributed by atoms with Crippen LogP contribution in [0.25, 0.3) is 0 Å². The van der Waals surface area contributed by atoms with Crippen molar-refractivity contribution in [3.05, 3.63) is 17.6 Å². The topological polar surface area (TPSA) is 37.8 Å². The van der Waals surface area contributed by atoms with Crippen molar-refractivity contribution in [1.82, 2.24) is 9.97 Å². The van der Waals surface area contributed by atoms with Gasteiger partial charge >= 0.3 is 0 Å². The van der Waals surface area contributed by atoms with Crippen LogP contribution in [0, 0.1) is 11.8 Å². The maximum atomic E-state index is 4.81. The minimum atomic E-state index is 0.564. The Morgan fingerprint density at radius 2 is 1.90 bits per heavy atom. The molecule has 0 saturated heterocycles. The van der Waals surface area contributed by atoms with Gasteiger partial charge in [0.2, 0.25) is 0 Å². The summed E-state index contributed by atoms with van der Waals surface area (Å²) in [6.45, 7) is 6.90. The Kier molecular flexibility index (Phi) is 5.38. The summed E-state index contributed by atoms with van der Waals surface area (Å²) in [5.74, 6) is 4.32. The van der Waals surface area contributed by atoms with Crippen LogP contribution >= 0.6 is 0 Å². The highest BCUT2D eigenvalue weighted by Crippen LogP contribution is 2.37. The van der Waals surface area contributed by atoms with Crippen molar-refractivity contribution in [2.45, 2.75) is 65.2 Å². The van der Waals surface area contributed by atoms with Gasteiger partial charge in [-0.05, 0) is 43.9 Å². The summed E-state index contributed by atoms with van der Waals surface area (Å²) >= 11 is 0. The first-order valence-electron chi connectivity index (χ1n) is 8.19. The van der Waals surface area contributed by atoms with Gasteiger partial charge in [0, 0.05) is 24.7 Å². The van der Waals surface area contributed by atoms with E-state index < -0.39 is 0 Å². The van der Waals surface area contributed by atoms with Crippen LogP contribution in [-0.4, -0.2) is 17.0 Å². The van der Waals surface area contributed by atoms with Crippen molar-refractivity contribution in [1.29, 1.82) is 0 Å². The fraction of sp³-hybridized carbons (Fsp3) is 0.765. The molecule has 1 fully saturated rings. The molecular weight excluding hydrogens is 246 g/mol. The lowest BCUT2D eigenvalue weighted by molar-refractivity contribution is 0.254. The van der Waals surface area contributed by atoms with E-state index in [1.807, 2.05) is 7.05 Å². The standard InChI is InChI=1S/C17H29N3/c1-5-6-15-11-16(18-4)20-17(19-15)14-9-7-13(8-10-14)12(2)3/h11-14H,5-10H2,1-4H3,(H,18,19,20). The molecule has 1 aliphatic carbocycles. The van der Waals surface area contributed by atoms with Crippen molar-refractivity contribution >= 4 is 5.82 Å². The summed E-state index contributed by atoms with van der Waals surface area (Å²) < 4.78 is 0. The van der Waals surface area contributed by atoms with Gasteiger partial charge in [0.05, 0.1) is 0 Å². The van der Waals surface area contributed by atoms with Crippen molar-refractivity contribution < 1.29 is 0 Å². The molecule has 0 unspecified atom stereocenters. The molecule has 0 amide bonds. The number of hydrogen-bond acceptors (Lipinski definition) is 3. The smallest absolute Gasteiger partial charge is 0.134 e. The molecule has 1 aromatic heterocycles. The zero-order valence-corrected chi connectivity index (χ0v) is 13.4. The summed E-state index contributed by atoms with van der Waals surface area (Å²) in [4.78, 5) is 9.52. The van der Waals surface area contributed by atoms with Crippen LogP contribution in [0.5, 0.6) is 0 Å². The quantitative estimate of drug-likeness (QED) is 0.865. The Bertz CT molecular complexity index is 420. The molecule has 1 N–H and O–H groups in total. The molecule has 1 aromatic rings. The summed E-state index contributed by atoms with van der Waals surface area (Å²) in [7, 11) is 1.94. The molecule has 0 spiro atoms. The van der Waals surface area contributed by atoms with Crippen molar-refractivity contribution in [3.63, 3.8) is 0 Å². The van der Waals surface area contributed by atoms with Gasteiger partial charge in [-0.25, -0.2) is 9.97 Å². The highest BCUT2D eigenvalue weighted by molar-refractivity contribution is 5.35. The first kappa shape index (κ1) is 15.3. The van der Waals surface area contributed by atoms with E-state index in [-0.39, 0.29) is 0 Å². The van der Waals surface area contributed by atoms with Crippen LogP contribution in [0.1, 0.15) is 70.3 Å². The van der Waals surface area contributed by atoms with Gasteiger partial charge < -0.3 is 5.32 Å². The predicted octanol–water partition coefficient (Wildman–Crippen LogP) is 4.40. The van der Waals surface area contributed by atoms with E-state index in [1.165, 1.54) is 31.4 Å². The van der Waals surface area contributed by atoms with Gasteiger partial charge in [-0.15, -0.1) is 0 Å². The Morgan fingerprint density at radius 3 is 2.45 bits per heavy atom. The first-order valence-corrected chi connectivity index (χ1v) is 8.19. The number of nitrogens with zero attached hydrogens (tertiary/aromatic N) is 2. The molecule has 0 bridgehead atoms. The van der Waals surface area contributed by atoms with E-state index in [2.05, 4.69) is 32.2 Å². The number of hydrogen-bond donors (Lipinski definition) is 1. The third-order valence-corrected chi connectivity index (χ3v) is 4.64. The lowest BCUT2D eigenvalue weighted by Gasteiger charge is -2.30. The van der Waals surface area contributed by atoms with E-state index in [1.54, 1.807) is 0 Å². The molecule has 0 radical (unpaired) electrons. The Morgan fingerprint density at radius 1 is 1.20 bits per heavy atom. The molecule has 0 aromatic carbocycles. The van der Waals surface area contributed by atoms with Crippen molar-refractivity contribution in [3.8, 4) is 0 Å². The molecule has 0 atom stereocenters. The fourth-order valence-electron chi connectivity index (χ4n) is 3.26. The fourth-order valence-corrected chi connectivity index (χ4v) is 3.26. The molecule has 20 heavy (non-hydrogen) atoms. The first-order chi connectivity index (χ1) is 9.63. The maximum Gasteiger partial charge on any atom is 0.134 e. The van der Waals surface area contributed by atoms with E-state index in [0.717, 1.165) is 36.3 Å². The molecule has 3 heteroatoms. The van der Waals surface area contributed by atoms with E-state index in [9.17, 15) is 0 Å². The maximum absolute atomic E-state index is 4.81. The van der Waals surface area contributed by atoms with Gasteiger partial charge in [0.15, 0.2) is 0 Å². The third kappa shape index (κ3) is 3.71. The zero-order chi connectivity index (χ0) is 14.5. The SMILES string of the molecule is CCCc1cc(NC)nc(C2CCC(C(C)C)CC2)n1. The lowest BCUT2D eigenvalue weighted by Crippen LogP contribution is -2.19. The largest absolute Gasteiger partial charge is 0.373 e. The molecule has 112 valence electrons. The number of nitrogens with one attached hydrogen (secondary N) is 1. The minimum Gasteiger partial charge on any atom is -0.373 e. The van der Waals surface area contributed by atoms with E-state index >= 15 is 0 Å². The highest BCUT2D eigenvalue weighted by atomic mass is 15.0. The number of anilines is 1. The van der Waals surface area contributed by atoms with Crippen LogP contribution < -0.4 is 5.32 Å². The molecule has 3 nitrogen and oxygen atoms in total. The molecule has 1 saturated carbocycles.